The van der Waals surface area contributed by atoms with E-state index in [1.54, 1.807) is 0 Å². The summed E-state index contributed by atoms with van der Waals surface area (Å²) in [4.78, 5) is 23.7. The number of rotatable bonds is 5. The summed E-state index contributed by atoms with van der Waals surface area (Å²) in [5.41, 5.74) is 11.6. The van der Waals surface area contributed by atoms with Crippen LogP contribution in [0.15, 0.2) is 0 Å². The van der Waals surface area contributed by atoms with E-state index in [2.05, 4.69) is 17.6 Å². The monoisotopic (exact) mass is 282 g/mol. The first kappa shape index (κ1) is 13.7. The van der Waals surface area contributed by atoms with Crippen molar-refractivity contribution in [2.75, 3.05) is 17.6 Å². The Morgan fingerprint density at radius 2 is 2.11 bits per heavy atom. The third-order valence-corrected chi connectivity index (χ3v) is 4.30. The lowest BCUT2D eigenvalue weighted by Crippen LogP contribution is -2.23. The molecule has 1 aliphatic rings. The third kappa shape index (κ3) is 2.65. The summed E-state index contributed by atoms with van der Waals surface area (Å²) in [7, 11) is 0. The van der Waals surface area contributed by atoms with Crippen molar-refractivity contribution < 1.29 is 9.59 Å². The number of nitrogens with one attached hydrogen (secondary N) is 2. The number of amides is 2. The largest absolute Gasteiger partial charge is 0.397 e. The Labute approximate surface area is 115 Å². The average molecular weight is 282 g/mol. The molecule has 2 atom stereocenters. The Balaban J connectivity index is 2.33. The molecule has 2 rings (SSSR count). The number of carbonyl (C=O) groups is 2. The molecule has 1 fully saturated rings. The van der Waals surface area contributed by atoms with E-state index in [0.717, 1.165) is 6.42 Å². The number of thiophene rings is 1. The average Bonchev–Trinajstić information content (AvgIpc) is 2.89. The van der Waals surface area contributed by atoms with Gasteiger partial charge >= 0.3 is 0 Å². The lowest BCUT2D eigenvalue weighted by Gasteiger charge is -2.03. The number of nitrogen functional groups attached to an aromatic ring is 1. The van der Waals surface area contributed by atoms with Gasteiger partial charge in [0.25, 0.3) is 11.8 Å². The van der Waals surface area contributed by atoms with Crippen LogP contribution in [0, 0.1) is 5.92 Å². The van der Waals surface area contributed by atoms with E-state index < -0.39 is 5.91 Å². The molecule has 7 heteroatoms. The van der Waals surface area contributed by atoms with Crippen molar-refractivity contribution in [3.63, 3.8) is 0 Å². The maximum atomic E-state index is 11.9. The van der Waals surface area contributed by atoms with Crippen LogP contribution in [-0.2, 0) is 0 Å². The number of primary amides is 1. The fourth-order valence-corrected chi connectivity index (χ4v) is 3.00. The van der Waals surface area contributed by atoms with Crippen LogP contribution in [0.2, 0.25) is 0 Å². The first-order valence-corrected chi connectivity index (χ1v) is 7.04. The van der Waals surface area contributed by atoms with Crippen LogP contribution < -0.4 is 22.1 Å². The molecule has 0 saturated heterocycles. The highest BCUT2D eigenvalue weighted by Crippen LogP contribution is 2.40. The number of anilines is 2. The van der Waals surface area contributed by atoms with E-state index in [0.29, 0.717) is 28.4 Å². The quantitative estimate of drug-likeness (QED) is 0.645. The topological polar surface area (TPSA) is 110 Å². The molecule has 1 heterocycles. The van der Waals surface area contributed by atoms with Crippen LogP contribution in [0.5, 0.6) is 0 Å². The Morgan fingerprint density at radius 3 is 2.58 bits per heavy atom. The number of nitrogens with two attached hydrogens (primary N) is 2. The fourth-order valence-electron chi connectivity index (χ4n) is 1.89. The minimum absolute atomic E-state index is 0.166. The van der Waals surface area contributed by atoms with Gasteiger partial charge in [0.05, 0.1) is 11.3 Å². The third-order valence-electron chi connectivity index (χ3n) is 3.16. The highest BCUT2D eigenvalue weighted by Gasteiger charge is 2.35. The van der Waals surface area contributed by atoms with Gasteiger partial charge in [-0.25, -0.2) is 0 Å². The predicted molar refractivity (Wildman–Crippen MR) is 76.4 cm³/mol. The van der Waals surface area contributed by atoms with Gasteiger partial charge in [-0.15, -0.1) is 11.3 Å². The summed E-state index contributed by atoms with van der Waals surface area (Å²) in [5.74, 6) is -0.318. The van der Waals surface area contributed by atoms with Gasteiger partial charge in [0, 0.05) is 12.6 Å². The van der Waals surface area contributed by atoms with Crippen molar-refractivity contribution in [1.82, 2.24) is 5.32 Å². The second-order valence-corrected chi connectivity index (χ2v) is 5.76. The first-order chi connectivity index (χ1) is 8.95. The van der Waals surface area contributed by atoms with Crippen molar-refractivity contribution >= 4 is 33.8 Å². The molecule has 0 bridgehead atoms. The van der Waals surface area contributed by atoms with Gasteiger partial charge in [-0.3, -0.25) is 9.59 Å². The normalized spacial score (nSPS) is 20.9. The zero-order valence-electron chi connectivity index (χ0n) is 10.9. The van der Waals surface area contributed by atoms with Crippen molar-refractivity contribution in [2.24, 2.45) is 11.7 Å². The molecule has 0 aliphatic heterocycles. The van der Waals surface area contributed by atoms with Crippen LogP contribution in [0.4, 0.5) is 10.7 Å². The Morgan fingerprint density at radius 1 is 1.47 bits per heavy atom. The van der Waals surface area contributed by atoms with Gasteiger partial charge < -0.3 is 22.1 Å². The van der Waals surface area contributed by atoms with Crippen LogP contribution in [0.25, 0.3) is 0 Å². The molecule has 2 unspecified atom stereocenters. The van der Waals surface area contributed by atoms with Crippen LogP contribution in [0.1, 0.15) is 40.3 Å². The number of carbonyl (C=O) groups excluding carboxylic acids is 2. The maximum Gasteiger partial charge on any atom is 0.263 e. The highest BCUT2D eigenvalue weighted by molar-refractivity contribution is 7.19. The van der Waals surface area contributed by atoms with Gasteiger partial charge in [0.2, 0.25) is 0 Å². The van der Waals surface area contributed by atoms with Gasteiger partial charge in [0.1, 0.15) is 9.88 Å². The molecule has 0 aromatic carbocycles. The molecule has 2 amide bonds. The van der Waals surface area contributed by atoms with Gasteiger partial charge in [-0.1, -0.05) is 6.92 Å². The van der Waals surface area contributed by atoms with E-state index in [9.17, 15) is 9.59 Å². The summed E-state index contributed by atoms with van der Waals surface area (Å²) in [6.45, 7) is 4.44. The Hall–Kier alpha value is -1.76. The lowest BCUT2D eigenvalue weighted by molar-refractivity contribution is 0.0960. The van der Waals surface area contributed by atoms with E-state index in [-0.39, 0.29) is 17.2 Å². The van der Waals surface area contributed by atoms with E-state index in [1.807, 2.05) is 6.92 Å². The Kier molecular flexibility index (Phi) is 3.66. The summed E-state index contributed by atoms with van der Waals surface area (Å²) < 4.78 is 0. The number of hydrogen-bond acceptors (Lipinski definition) is 5. The maximum absolute atomic E-state index is 11.9. The smallest absolute Gasteiger partial charge is 0.263 e. The minimum atomic E-state index is -0.611. The fraction of sp³-hybridized carbons (Fsp3) is 0.500. The highest BCUT2D eigenvalue weighted by atomic mass is 32.1. The minimum Gasteiger partial charge on any atom is -0.397 e. The van der Waals surface area contributed by atoms with Crippen LogP contribution in [-0.4, -0.2) is 24.4 Å². The summed E-state index contributed by atoms with van der Waals surface area (Å²) in [6, 6.07) is 0.332. The van der Waals surface area contributed by atoms with Crippen molar-refractivity contribution in [3.8, 4) is 0 Å². The van der Waals surface area contributed by atoms with Crippen molar-refractivity contribution in [3.05, 3.63) is 10.4 Å². The van der Waals surface area contributed by atoms with Crippen LogP contribution >= 0.6 is 11.3 Å². The Bertz CT molecular complexity index is 526. The summed E-state index contributed by atoms with van der Waals surface area (Å²) in [5, 5.41) is 6.50. The van der Waals surface area contributed by atoms with E-state index in [1.165, 1.54) is 11.3 Å². The molecule has 6 N–H and O–H groups in total. The lowest BCUT2D eigenvalue weighted by atomic mass is 10.2. The van der Waals surface area contributed by atoms with E-state index >= 15 is 0 Å². The van der Waals surface area contributed by atoms with Gasteiger partial charge in [0.15, 0.2) is 0 Å². The molecule has 104 valence electrons. The molecule has 19 heavy (non-hydrogen) atoms. The van der Waals surface area contributed by atoms with E-state index in [4.69, 9.17) is 11.5 Å². The summed E-state index contributed by atoms with van der Waals surface area (Å²) >= 11 is 1.18. The van der Waals surface area contributed by atoms with Crippen molar-refractivity contribution in [2.45, 2.75) is 26.3 Å². The second kappa shape index (κ2) is 5.08. The second-order valence-electron chi connectivity index (χ2n) is 4.74. The van der Waals surface area contributed by atoms with Crippen LogP contribution in [0.3, 0.4) is 0 Å². The zero-order valence-corrected chi connectivity index (χ0v) is 11.8. The van der Waals surface area contributed by atoms with Gasteiger partial charge in [-0.05, 0) is 19.3 Å². The molecule has 0 radical (unpaired) electrons. The molecular formula is C12H18N4O2S. The molecule has 6 nitrogen and oxygen atoms in total. The molecule has 1 saturated carbocycles. The standard InChI is InChI=1S/C12H18N4O2S/c1-3-15-11(18)9-8(13)7(10(14)17)12(19-9)16-6-4-5(6)2/h5-6,16H,3-4,13H2,1-2H3,(H2,14,17)(H,15,18). The number of hydrogen-bond donors (Lipinski definition) is 4. The van der Waals surface area contributed by atoms with Crippen molar-refractivity contribution in [1.29, 1.82) is 0 Å². The molecule has 1 aromatic heterocycles. The first-order valence-electron chi connectivity index (χ1n) is 6.22. The van der Waals surface area contributed by atoms with Gasteiger partial charge in [-0.2, -0.15) is 0 Å². The molecule has 0 spiro atoms. The molecular weight excluding hydrogens is 264 g/mol. The zero-order chi connectivity index (χ0) is 14.2. The molecule has 1 aliphatic carbocycles. The SMILES string of the molecule is CCNC(=O)c1sc(NC2CC2C)c(C(N)=O)c1N. The summed E-state index contributed by atoms with van der Waals surface area (Å²) in [6.07, 6.45) is 1.05. The predicted octanol–water partition coefficient (Wildman–Crippen LogP) is 0.999. The molecule has 1 aromatic rings.